The Balaban J connectivity index is 1.84. The van der Waals surface area contributed by atoms with Gasteiger partial charge in [-0.15, -0.1) is 0 Å². The molecule has 2 aromatic carbocycles. The summed E-state index contributed by atoms with van der Waals surface area (Å²) in [7, 11) is 0. The van der Waals surface area contributed by atoms with Gasteiger partial charge in [-0.1, -0.05) is 46.1 Å². The van der Waals surface area contributed by atoms with Crippen molar-refractivity contribution in [2.24, 2.45) is 0 Å². The van der Waals surface area contributed by atoms with Crippen LogP contribution in [0.15, 0.2) is 56.2 Å². The standard InChI is InChI=1S/C22H14Cl2N2O4/c1-10-3-6-16-13(7-10)20(27)18-19(12-4-5-14(23)15(24)9-12)26(22(28)21(18)29-16)17-8-11(2)30-25-17/h3-9,19H,1-2H3. The van der Waals surface area contributed by atoms with Crippen molar-refractivity contribution in [3.05, 3.63) is 90.9 Å². The maximum Gasteiger partial charge on any atom is 0.296 e. The zero-order valence-electron chi connectivity index (χ0n) is 15.9. The van der Waals surface area contributed by atoms with Gasteiger partial charge in [-0.05, 0) is 43.7 Å². The second-order valence-electron chi connectivity index (χ2n) is 7.22. The number of aromatic nitrogens is 1. The Morgan fingerprint density at radius 2 is 1.80 bits per heavy atom. The third-order valence-electron chi connectivity index (χ3n) is 5.15. The molecule has 0 aliphatic carbocycles. The molecule has 1 aliphatic heterocycles. The molecule has 1 atom stereocenters. The summed E-state index contributed by atoms with van der Waals surface area (Å²) in [5.74, 6) is 0.309. The Hall–Kier alpha value is -3.09. The quantitative estimate of drug-likeness (QED) is 0.413. The smallest absolute Gasteiger partial charge is 0.296 e. The van der Waals surface area contributed by atoms with E-state index in [0.717, 1.165) is 5.56 Å². The monoisotopic (exact) mass is 440 g/mol. The van der Waals surface area contributed by atoms with Crippen LogP contribution in [0.3, 0.4) is 0 Å². The minimum absolute atomic E-state index is 0.0203. The summed E-state index contributed by atoms with van der Waals surface area (Å²) in [4.78, 5) is 28.2. The van der Waals surface area contributed by atoms with Gasteiger partial charge in [0.1, 0.15) is 11.3 Å². The molecular formula is C22H14Cl2N2O4. The normalized spacial score (nSPS) is 15.8. The number of halogens is 2. The molecule has 0 saturated carbocycles. The molecule has 0 bridgehead atoms. The number of hydrogen-bond acceptors (Lipinski definition) is 5. The average molecular weight is 441 g/mol. The zero-order chi connectivity index (χ0) is 21.2. The first-order valence-corrected chi connectivity index (χ1v) is 9.90. The summed E-state index contributed by atoms with van der Waals surface area (Å²) in [6, 6.07) is 11.1. The van der Waals surface area contributed by atoms with E-state index in [-0.39, 0.29) is 22.6 Å². The molecule has 1 amide bonds. The van der Waals surface area contributed by atoms with Crippen LogP contribution in [0.2, 0.25) is 10.0 Å². The van der Waals surface area contributed by atoms with Crippen molar-refractivity contribution in [3.63, 3.8) is 0 Å². The summed E-state index contributed by atoms with van der Waals surface area (Å²) < 4.78 is 11.1. The zero-order valence-corrected chi connectivity index (χ0v) is 17.4. The van der Waals surface area contributed by atoms with E-state index in [2.05, 4.69) is 5.16 Å². The number of nitrogens with zero attached hydrogens (tertiary/aromatic N) is 2. The van der Waals surface area contributed by atoms with Gasteiger partial charge in [0, 0.05) is 6.07 Å². The van der Waals surface area contributed by atoms with E-state index in [1.54, 1.807) is 43.3 Å². The van der Waals surface area contributed by atoms with Gasteiger partial charge in [0.15, 0.2) is 11.2 Å². The van der Waals surface area contributed by atoms with Crippen molar-refractivity contribution in [1.29, 1.82) is 0 Å². The molecule has 0 radical (unpaired) electrons. The Morgan fingerprint density at radius 3 is 2.50 bits per heavy atom. The molecule has 0 spiro atoms. The number of fused-ring (bicyclic) bond motifs is 2. The van der Waals surface area contributed by atoms with Crippen molar-refractivity contribution >= 4 is 45.9 Å². The average Bonchev–Trinajstić information content (AvgIpc) is 3.26. The molecule has 3 heterocycles. The molecule has 6 nitrogen and oxygen atoms in total. The van der Waals surface area contributed by atoms with Crippen LogP contribution in [-0.4, -0.2) is 11.1 Å². The molecule has 1 aliphatic rings. The highest BCUT2D eigenvalue weighted by atomic mass is 35.5. The van der Waals surface area contributed by atoms with Gasteiger partial charge in [0.2, 0.25) is 5.76 Å². The molecule has 30 heavy (non-hydrogen) atoms. The van der Waals surface area contributed by atoms with Gasteiger partial charge in [-0.2, -0.15) is 0 Å². The Morgan fingerprint density at radius 1 is 1.00 bits per heavy atom. The molecule has 2 aromatic heterocycles. The van der Waals surface area contributed by atoms with Crippen LogP contribution in [-0.2, 0) is 0 Å². The summed E-state index contributed by atoms with van der Waals surface area (Å²) in [6.45, 7) is 3.61. The van der Waals surface area contributed by atoms with Crippen LogP contribution in [0.25, 0.3) is 11.0 Å². The van der Waals surface area contributed by atoms with Crippen molar-refractivity contribution in [2.75, 3.05) is 4.90 Å². The van der Waals surface area contributed by atoms with Gasteiger partial charge in [-0.25, -0.2) is 0 Å². The van der Waals surface area contributed by atoms with E-state index in [0.29, 0.717) is 32.3 Å². The van der Waals surface area contributed by atoms with Gasteiger partial charge < -0.3 is 8.94 Å². The molecular weight excluding hydrogens is 427 g/mol. The van der Waals surface area contributed by atoms with E-state index in [9.17, 15) is 9.59 Å². The lowest BCUT2D eigenvalue weighted by Gasteiger charge is -2.22. The molecule has 1 unspecified atom stereocenters. The molecule has 0 N–H and O–H groups in total. The summed E-state index contributed by atoms with van der Waals surface area (Å²) in [6.07, 6.45) is 0. The van der Waals surface area contributed by atoms with Crippen LogP contribution in [0.4, 0.5) is 5.82 Å². The van der Waals surface area contributed by atoms with Crippen molar-refractivity contribution in [2.45, 2.75) is 19.9 Å². The van der Waals surface area contributed by atoms with Gasteiger partial charge in [-0.3, -0.25) is 14.5 Å². The van der Waals surface area contributed by atoms with Crippen molar-refractivity contribution in [1.82, 2.24) is 5.16 Å². The minimum atomic E-state index is -0.784. The summed E-state index contributed by atoms with van der Waals surface area (Å²) in [5.41, 5.74) is 1.83. The number of carbonyl (C=O) groups excluding carboxylic acids is 1. The minimum Gasteiger partial charge on any atom is -0.450 e. The first-order chi connectivity index (χ1) is 14.3. The lowest BCUT2D eigenvalue weighted by Crippen LogP contribution is -2.29. The molecule has 4 aromatic rings. The fourth-order valence-electron chi connectivity index (χ4n) is 3.79. The third kappa shape index (κ3) is 2.75. The second-order valence-corrected chi connectivity index (χ2v) is 8.03. The van der Waals surface area contributed by atoms with Crippen molar-refractivity contribution < 1.29 is 13.7 Å². The molecule has 150 valence electrons. The topological polar surface area (TPSA) is 76.6 Å². The molecule has 0 fully saturated rings. The highest BCUT2D eigenvalue weighted by molar-refractivity contribution is 6.42. The Bertz CT molecular complexity index is 1410. The number of carbonyl (C=O) groups is 1. The maximum absolute atomic E-state index is 13.5. The number of aryl methyl sites for hydroxylation is 2. The fourth-order valence-corrected chi connectivity index (χ4v) is 4.09. The van der Waals surface area contributed by atoms with Crippen LogP contribution in [0, 0.1) is 13.8 Å². The highest BCUT2D eigenvalue weighted by Gasteiger charge is 2.45. The van der Waals surface area contributed by atoms with Crippen LogP contribution in [0.5, 0.6) is 0 Å². The van der Waals surface area contributed by atoms with E-state index in [1.165, 1.54) is 4.90 Å². The first kappa shape index (κ1) is 18.9. The molecule has 8 heteroatoms. The lowest BCUT2D eigenvalue weighted by atomic mass is 9.98. The summed E-state index contributed by atoms with van der Waals surface area (Å²) in [5, 5.41) is 5.08. The van der Waals surface area contributed by atoms with E-state index in [1.807, 2.05) is 13.0 Å². The van der Waals surface area contributed by atoms with Gasteiger partial charge in [0.25, 0.3) is 5.91 Å². The van der Waals surface area contributed by atoms with Crippen LogP contribution < -0.4 is 10.3 Å². The highest BCUT2D eigenvalue weighted by Crippen LogP contribution is 2.42. The SMILES string of the molecule is Cc1ccc2oc3c(c(=O)c2c1)C(c1ccc(Cl)c(Cl)c1)N(c1cc(C)on1)C3=O. The number of rotatable bonds is 2. The number of anilines is 1. The van der Waals surface area contributed by atoms with E-state index >= 15 is 0 Å². The molecule has 5 rings (SSSR count). The summed E-state index contributed by atoms with van der Waals surface area (Å²) >= 11 is 12.3. The number of hydrogen-bond donors (Lipinski definition) is 0. The third-order valence-corrected chi connectivity index (χ3v) is 5.89. The number of benzene rings is 2. The van der Waals surface area contributed by atoms with Crippen LogP contribution in [0.1, 0.15) is 39.0 Å². The lowest BCUT2D eigenvalue weighted by molar-refractivity contribution is 0.0969. The largest absolute Gasteiger partial charge is 0.450 e. The predicted octanol–water partition coefficient (Wildman–Crippen LogP) is 5.45. The first-order valence-electron chi connectivity index (χ1n) is 9.14. The second kappa shape index (κ2) is 6.72. The van der Waals surface area contributed by atoms with Gasteiger partial charge >= 0.3 is 0 Å². The Kier molecular flexibility index (Phi) is 4.24. The Labute approximate surface area is 180 Å². The van der Waals surface area contributed by atoms with E-state index < -0.39 is 11.9 Å². The predicted molar refractivity (Wildman–Crippen MR) is 114 cm³/mol. The fraction of sp³-hybridized carbons (Fsp3) is 0.136. The van der Waals surface area contributed by atoms with E-state index in [4.69, 9.17) is 32.1 Å². The molecule has 0 saturated heterocycles. The van der Waals surface area contributed by atoms with Gasteiger partial charge in [0.05, 0.1) is 27.0 Å². The maximum atomic E-state index is 13.5. The van der Waals surface area contributed by atoms with Crippen molar-refractivity contribution in [3.8, 4) is 0 Å². The number of amides is 1. The van der Waals surface area contributed by atoms with Crippen LogP contribution >= 0.6 is 23.2 Å².